The standard InChI is InChI=1S/C8H8N2O3/c1-3-6-4-5-9-8(13-2)7(6)10(11)12/h3-5H,1H2,2H3. The van der Waals surface area contributed by atoms with Gasteiger partial charge in [0.05, 0.1) is 17.6 Å². The van der Waals surface area contributed by atoms with Crippen molar-refractivity contribution in [1.29, 1.82) is 0 Å². The van der Waals surface area contributed by atoms with E-state index < -0.39 is 4.92 Å². The molecule has 0 unspecified atom stereocenters. The van der Waals surface area contributed by atoms with Gasteiger partial charge in [-0.15, -0.1) is 0 Å². The summed E-state index contributed by atoms with van der Waals surface area (Å²) in [6.45, 7) is 3.46. The summed E-state index contributed by atoms with van der Waals surface area (Å²) in [6, 6.07) is 1.51. The summed E-state index contributed by atoms with van der Waals surface area (Å²) in [6.07, 6.45) is 2.82. The third-order valence-electron chi connectivity index (χ3n) is 1.52. The van der Waals surface area contributed by atoms with Gasteiger partial charge in [0.1, 0.15) is 0 Å². The summed E-state index contributed by atoms with van der Waals surface area (Å²) in [5, 5.41) is 10.6. The van der Waals surface area contributed by atoms with Crippen LogP contribution in [0.25, 0.3) is 6.08 Å². The van der Waals surface area contributed by atoms with Gasteiger partial charge in [0.25, 0.3) is 5.88 Å². The zero-order chi connectivity index (χ0) is 9.84. The molecule has 0 spiro atoms. The van der Waals surface area contributed by atoms with Gasteiger partial charge in [-0.2, -0.15) is 0 Å². The fourth-order valence-corrected chi connectivity index (χ4v) is 0.946. The van der Waals surface area contributed by atoms with Gasteiger partial charge in [-0.3, -0.25) is 10.1 Å². The monoisotopic (exact) mass is 180 g/mol. The summed E-state index contributed by atoms with van der Waals surface area (Å²) < 4.78 is 4.75. The second-order valence-corrected chi connectivity index (χ2v) is 2.22. The van der Waals surface area contributed by atoms with Gasteiger partial charge >= 0.3 is 5.69 Å². The normalized spacial score (nSPS) is 9.31. The summed E-state index contributed by atoms with van der Waals surface area (Å²) in [4.78, 5) is 13.8. The number of pyridine rings is 1. The van der Waals surface area contributed by atoms with E-state index in [0.717, 1.165) is 0 Å². The van der Waals surface area contributed by atoms with Crippen LogP contribution < -0.4 is 4.74 Å². The molecule has 68 valence electrons. The lowest BCUT2D eigenvalue weighted by Crippen LogP contribution is -1.98. The lowest BCUT2D eigenvalue weighted by molar-refractivity contribution is -0.386. The van der Waals surface area contributed by atoms with Crippen LogP contribution in [0.4, 0.5) is 5.69 Å². The van der Waals surface area contributed by atoms with Crippen LogP contribution in [0.3, 0.4) is 0 Å². The Balaban J connectivity index is 3.38. The lowest BCUT2D eigenvalue weighted by atomic mass is 10.2. The van der Waals surface area contributed by atoms with E-state index in [2.05, 4.69) is 11.6 Å². The topological polar surface area (TPSA) is 65.3 Å². The Labute approximate surface area is 74.8 Å². The van der Waals surface area contributed by atoms with Crippen LogP contribution in [-0.4, -0.2) is 17.0 Å². The number of aromatic nitrogens is 1. The summed E-state index contributed by atoms with van der Waals surface area (Å²) in [5.74, 6) is 0.00222. The molecular formula is C8H8N2O3. The van der Waals surface area contributed by atoms with E-state index in [1.165, 1.54) is 25.4 Å². The minimum atomic E-state index is -0.539. The first-order valence-electron chi connectivity index (χ1n) is 3.50. The van der Waals surface area contributed by atoms with Gasteiger partial charge in [-0.25, -0.2) is 4.98 Å². The molecule has 0 aliphatic rings. The Hall–Kier alpha value is -1.91. The first-order valence-corrected chi connectivity index (χ1v) is 3.50. The van der Waals surface area contributed by atoms with Gasteiger partial charge < -0.3 is 4.74 Å². The van der Waals surface area contributed by atoms with Gasteiger partial charge in [0.15, 0.2) is 0 Å². The summed E-state index contributed by atoms with van der Waals surface area (Å²) in [5.41, 5.74) is 0.247. The van der Waals surface area contributed by atoms with E-state index >= 15 is 0 Å². The molecule has 5 heteroatoms. The predicted molar refractivity (Wildman–Crippen MR) is 47.5 cm³/mol. The molecule has 0 saturated heterocycles. The minimum Gasteiger partial charge on any atom is -0.476 e. The third-order valence-corrected chi connectivity index (χ3v) is 1.52. The van der Waals surface area contributed by atoms with E-state index in [0.29, 0.717) is 5.56 Å². The van der Waals surface area contributed by atoms with Crippen molar-refractivity contribution in [3.63, 3.8) is 0 Å². The molecule has 5 nitrogen and oxygen atoms in total. The lowest BCUT2D eigenvalue weighted by Gasteiger charge is -2.01. The minimum absolute atomic E-state index is 0.00222. The zero-order valence-corrected chi connectivity index (χ0v) is 7.06. The number of nitrogens with zero attached hydrogens (tertiary/aromatic N) is 2. The fraction of sp³-hybridized carbons (Fsp3) is 0.125. The van der Waals surface area contributed by atoms with Crippen LogP contribution in [0.5, 0.6) is 5.88 Å². The summed E-state index contributed by atoms with van der Waals surface area (Å²) in [7, 11) is 1.34. The quantitative estimate of drug-likeness (QED) is 0.523. The highest BCUT2D eigenvalue weighted by atomic mass is 16.6. The van der Waals surface area contributed by atoms with Crippen molar-refractivity contribution in [2.45, 2.75) is 0 Å². The largest absolute Gasteiger partial charge is 0.476 e. The Morgan fingerprint density at radius 2 is 2.46 bits per heavy atom. The molecule has 0 aliphatic carbocycles. The number of hydrogen-bond acceptors (Lipinski definition) is 4. The maximum atomic E-state index is 10.6. The van der Waals surface area contributed by atoms with Crippen molar-refractivity contribution in [1.82, 2.24) is 4.98 Å². The van der Waals surface area contributed by atoms with E-state index in [1.807, 2.05) is 0 Å². The molecule has 13 heavy (non-hydrogen) atoms. The second kappa shape index (κ2) is 3.66. The average molecular weight is 180 g/mol. The maximum absolute atomic E-state index is 10.6. The molecule has 0 saturated carbocycles. The Morgan fingerprint density at radius 1 is 1.77 bits per heavy atom. The Morgan fingerprint density at radius 3 is 2.92 bits per heavy atom. The van der Waals surface area contributed by atoms with Crippen LogP contribution in [0.2, 0.25) is 0 Å². The molecule has 1 rings (SSSR count). The van der Waals surface area contributed by atoms with Crippen molar-refractivity contribution in [3.8, 4) is 5.88 Å². The smallest absolute Gasteiger partial charge is 0.338 e. The van der Waals surface area contributed by atoms with Crippen LogP contribution in [0.15, 0.2) is 18.8 Å². The maximum Gasteiger partial charge on any atom is 0.338 e. The van der Waals surface area contributed by atoms with Crippen molar-refractivity contribution in [3.05, 3.63) is 34.5 Å². The molecule has 0 aliphatic heterocycles. The molecular weight excluding hydrogens is 172 g/mol. The van der Waals surface area contributed by atoms with E-state index in [4.69, 9.17) is 4.74 Å². The molecule has 1 heterocycles. The number of methoxy groups -OCH3 is 1. The highest BCUT2D eigenvalue weighted by molar-refractivity contribution is 5.63. The average Bonchev–Trinajstić information content (AvgIpc) is 2.16. The van der Waals surface area contributed by atoms with Gasteiger partial charge in [-0.1, -0.05) is 12.7 Å². The van der Waals surface area contributed by atoms with E-state index in [1.54, 1.807) is 0 Å². The molecule has 0 bridgehead atoms. The van der Waals surface area contributed by atoms with Crippen LogP contribution >= 0.6 is 0 Å². The first kappa shape index (κ1) is 9.18. The molecule has 0 atom stereocenters. The number of ether oxygens (including phenoxy) is 1. The van der Waals surface area contributed by atoms with Crippen molar-refractivity contribution in [2.24, 2.45) is 0 Å². The van der Waals surface area contributed by atoms with Crippen molar-refractivity contribution in [2.75, 3.05) is 7.11 Å². The molecule has 0 aromatic carbocycles. The summed E-state index contributed by atoms with van der Waals surface area (Å²) >= 11 is 0. The van der Waals surface area contributed by atoms with Gasteiger partial charge in [0.2, 0.25) is 0 Å². The molecule has 0 amide bonds. The van der Waals surface area contributed by atoms with Crippen LogP contribution in [-0.2, 0) is 0 Å². The van der Waals surface area contributed by atoms with Gasteiger partial charge in [0, 0.05) is 6.20 Å². The van der Waals surface area contributed by atoms with Crippen molar-refractivity contribution < 1.29 is 9.66 Å². The zero-order valence-electron chi connectivity index (χ0n) is 7.06. The van der Waals surface area contributed by atoms with Gasteiger partial charge in [-0.05, 0) is 6.07 Å². The van der Waals surface area contributed by atoms with E-state index in [9.17, 15) is 10.1 Å². The van der Waals surface area contributed by atoms with Crippen LogP contribution in [0.1, 0.15) is 5.56 Å². The van der Waals surface area contributed by atoms with E-state index in [-0.39, 0.29) is 11.6 Å². The predicted octanol–water partition coefficient (Wildman–Crippen LogP) is 1.64. The molecule has 0 radical (unpaired) electrons. The SMILES string of the molecule is C=Cc1ccnc(OC)c1[N+](=O)[O-]. The third kappa shape index (κ3) is 1.64. The molecule has 0 N–H and O–H groups in total. The van der Waals surface area contributed by atoms with Crippen molar-refractivity contribution >= 4 is 11.8 Å². The first-order chi connectivity index (χ1) is 6.20. The Bertz CT molecular complexity index is 349. The van der Waals surface area contributed by atoms with Crippen LogP contribution in [0, 0.1) is 10.1 Å². The molecule has 0 fully saturated rings. The fourth-order valence-electron chi connectivity index (χ4n) is 0.946. The highest BCUT2D eigenvalue weighted by Gasteiger charge is 2.19. The molecule has 1 aromatic heterocycles. The second-order valence-electron chi connectivity index (χ2n) is 2.22. The number of nitro groups is 1. The molecule has 1 aromatic rings. The number of hydrogen-bond donors (Lipinski definition) is 0. The Kier molecular flexibility index (Phi) is 2.59. The highest BCUT2D eigenvalue weighted by Crippen LogP contribution is 2.28. The number of rotatable bonds is 3.